The third-order valence-corrected chi connectivity index (χ3v) is 6.33. The number of hydrogen-bond donors (Lipinski definition) is 1. The highest BCUT2D eigenvalue weighted by atomic mass is 32.2. The Labute approximate surface area is 137 Å². The predicted octanol–water partition coefficient (Wildman–Crippen LogP) is 1.09. The number of aryl methyl sites for hydroxylation is 2. The van der Waals surface area contributed by atoms with Gasteiger partial charge >= 0.3 is 0 Å². The van der Waals surface area contributed by atoms with Gasteiger partial charge in [-0.25, -0.2) is 13.4 Å². The Bertz CT molecular complexity index is 766. The summed E-state index contributed by atoms with van der Waals surface area (Å²) in [6.45, 7) is 3.14. The molecular formula is C16H22N4O2S. The van der Waals surface area contributed by atoms with Gasteiger partial charge in [0.2, 0.25) is 0 Å². The fourth-order valence-electron chi connectivity index (χ4n) is 3.13. The lowest BCUT2D eigenvalue weighted by atomic mass is 9.89. The van der Waals surface area contributed by atoms with Crippen LogP contribution in [0.4, 0.5) is 0 Å². The molecule has 0 spiro atoms. The second-order valence-electron chi connectivity index (χ2n) is 6.07. The van der Waals surface area contributed by atoms with E-state index < -0.39 is 10.0 Å². The van der Waals surface area contributed by atoms with Crippen molar-refractivity contribution in [2.24, 2.45) is 18.7 Å². The summed E-state index contributed by atoms with van der Waals surface area (Å²) in [5, 5.41) is 0.113. The van der Waals surface area contributed by atoms with Crippen molar-refractivity contribution in [3.05, 3.63) is 47.9 Å². The molecule has 0 amide bonds. The van der Waals surface area contributed by atoms with Crippen LogP contribution in [0.25, 0.3) is 0 Å². The van der Waals surface area contributed by atoms with Gasteiger partial charge in [0, 0.05) is 32.3 Å². The zero-order chi connectivity index (χ0) is 16.6. The van der Waals surface area contributed by atoms with Gasteiger partial charge in [-0.1, -0.05) is 30.3 Å². The maximum Gasteiger partial charge on any atom is 0.262 e. The third-order valence-electron chi connectivity index (χ3n) is 4.63. The molecule has 124 valence electrons. The highest BCUT2D eigenvalue weighted by Gasteiger charge is 2.40. The average molecular weight is 334 g/mol. The summed E-state index contributed by atoms with van der Waals surface area (Å²) < 4.78 is 28.9. The van der Waals surface area contributed by atoms with Crippen LogP contribution in [0.15, 0.2) is 41.6 Å². The summed E-state index contributed by atoms with van der Waals surface area (Å²) in [6.07, 6.45) is 1.57. The van der Waals surface area contributed by atoms with Crippen LogP contribution < -0.4 is 5.73 Å². The van der Waals surface area contributed by atoms with Crippen molar-refractivity contribution in [3.63, 3.8) is 0 Å². The number of sulfonamides is 1. The number of nitrogens with zero attached hydrogens (tertiary/aromatic N) is 3. The van der Waals surface area contributed by atoms with Crippen LogP contribution in [0.5, 0.6) is 0 Å². The fraction of sp³-hybridized carbons (Fsp3) is 0.438. The lowest BCUT2D eigenvalue weighted by Crippen LogP contribution is -2.30. The highest BCUT2D eigenvalue weighted by molar-refractivity contribution is 7.89. The molecule has 2 aromatic rings. The molecule has 2 heterocycles. The largest absolute Gasteiger partial charge is 0.337 e. The van der Waals surface area contributed by atoms with Gasteiger partial charge in [-0.15, -0.1) is 0 Å². The molecule has 0 bridgehead atoms. The topological polar surface area (TPSA) is 81.2 Å². The van der Waals surface area contributed by atoms with Crippen molar-refractivity contribution in [1.82, 2.24) is 13.9 Å². The van der Waals surface area contributed by atoms with Gasteiger partial charge in [-0.2, -0.15) is 4.31 Å². The van der Waals surface area contributed by atoms with Gasteiger partial charge in [0.25, 0.3) is 10.0 Å². The van der Waals surface area contributed by atoms with Crippen LogP contribution in [0.3, 0.4) is 0 Å². The molecule has 7 heteroatoms. The first kappa shape index (κ1) is 16.2. The Kier molecular flexibility index (Phi) is 4.27. The Morgan fingerprint density at radius 1 is 1.26 bits per heavy atom. The van der Waals surface area contributed by atoms with Crippen molar-refractivity contribution < 1.29 is 8.42 Å². The first-order chi connectivity index (χ1) is 10.9. The van der Waals surface area contributed by atoms with Crippen molar-refractivity contribution in [2.45, 2.75) is 17.9 Å². The number of aromatic nitrogens is 2. The van der Waals surface area contributed by atoms with E-state index in [-0.39, 0.29) is 16.9 Å². The lowest BCUT2D eigenvalue weighted by Gasteiger charge is -2.16. The summed E-state index contributed by atoms with van der Waals surface area (Å²) in [5.41, 5.74) is 7.03. The van der Waals surface area contributed by atoms with E-state index in [1.807, 2.05) is 30.3 Å². The fourth-order valence-corrected chi connectivity index (χ4v) is 4.68. The number of rotatable bonds is 4. The summed E-state index contributed by atoms with van der Waals surface area (Å²) in [7, 11) is -1.79. The first-order valence-electron chi connectivity index (χ1n) is 7.68. The van der Waals surface area contributed by atoms with E-state index in [9.17, 15) is 8.42 Å². The Hall–Kier alpha value is -1.70. The predicted molar refractivity (Wildman–Crippen MR) is 88.4 cm³/mol. The molecule has 23 heavy (non-hydrogen) atoms. The highest BCUT2D eigenvalue weighted by Crippen LogP contribution is 2.34. The van der Waals surface area contributed by atoms with E-state index in [2.05, 4.69) is 4.98 Å². The zero-order valence-corrected chi connectivity index (χ0v) is 14.2. The van der Waals surface area contributed by atoms with Gasteiger partial charge in [0.15, 0.2) is 5.03 Å². The Morgan fingerprint density at radius 3 is 2.52 bits per heavy atom. The standard InChI is InChI=1S/C16H22N4O2S/c1-12-18-16(11-19(12)2)23(21,22)20-9-14(8-17)15(10-20)13-6-4-3-5-7-13/h3-7,11,14-15H,8-10,17H2,1-2H3/t14-,15+/m1/s1. The molecule has 1 aliphatic rings. The van der Waals surface area contributed by atoms with Gasteiger partial charge in [0.05, 0.1) is 0 Å². The van der Waals surface area contributed by atoms with E-state index in [0.29, 0.717) is 25.5 Å². The van der Waals surface area contributed by atoms with E-state index in [4.69, 9.17) is 5.73 Å². The van der Waals surface area contributed by atoms with Gasteiger partial charge < -0.3 is 10.3 Å². The van der Waals surface area contributed by atoms with Crippen molar-refractivity contribution in [1.29, 1.82) is 0 Å². The van der Waals surface area contributed by atoms with Gasteiger partial charge in [-0.3, -0.25) is 0 Å². The molecule has 1 fully saturated rings. The molecule has 0 aliphatic carbocycles. The second kappa shape index (κ2) is 6.07. The number of hydrogen-bond acceptors (Lipinski definition) is 4. The van der Waals surface area contributed by atoms with Crippen LogP contribution in [0, 0.1) is 12.8 Å². The summed E-state index contributed by atoms with van der Waals surface area (Å²) in [6, 6.07) is 9.98. The second-order valence-corrected chi connectivity index (χ2v) is 7.96. The van der Waals surface area contributed by atoms with Gasteiger partial charge in [0.1, 0.15) is 5.82 Å². The maximum atomic E-state index is 12.8. The average Bonchev–Trinajstić information content (AvgIpc) is 3.13. The summed E-state index contributed by atoms with van der Waals surface area (Å²) in [4.78, 5) is 4.18. The molecule has 6 nitrogen and oxygen atoms in total. The van der Waals surface area contributed by atoms with E-state index in [1.54, 1.807) is 24.7 Å². The minimum atomic E-state index is -3.58. The number of benzene rings is 1. The smallest absolute Gasteiger partial charge is 0.262 e. The normalized spacial score (nSPS) is 22.6. The Balaban J connectivity index is 1.90. The number of imidazole rings is 1. The molecule has 2 atom stereocenters. The van der Waals surface area contributed by atoms with E-state index in [0.717, 1.165) is 5.56 Å². The first-order valence-corrected chi connectivity index (χ1v) is 9.12. The Morgan fingerprint density at radius 2 is 1.96 bits per heavy atom. The SMILES string of the molecule is Cc1nc(S(=O)(=O)N2C[C@@H](CN)[C@H](c3ccccc3)C2)cn1C. The van der Waals surface area contributed by atoms with Crippen LogP contribution in [0.2, 0.25) is 0 Å². The van der Waals surface area contributed by atoms with Crippen molar-refractivity contribution in [2.75, 3.05) is 19.6 Å². The van der Waals surface area contributed by atoms with Gasteiger partial charge in [-0.05, 0) is 24.9 Å². The van der Waals surface area contributed by atoms with E-state index >= 15 is 0 Å². The zero-order valence-electron chi connectivity index (χ0n) is 13.4. The summed E-state index contributed by atoms with van der Waals surface area (Å²) >= 11 is 0. The molecule has 0 saturated carbocycles. The van der Waals surface area contributed by atoms with Crippen molar-refractivity contribution in [3.8, 4) is 0 Å². The van der Waals surface area contributed by atoms with E-state index in [1.165, 1.54) is 4.31 Å². The molecule has 1 aromatic heterocycles. The molecule has 1 saturated heterocycles. The van der Waals surface area contributed by atoms with Crippen LogP contribution in [-0.4, -0.2) is 41.9 Å². The maximum absolute atomic E-state index is 12.8. The quantitative estimate of drug-likeness (QED) is 0.907. The lowest BCUT2D eigenvalue weighted by molar-refractivity contribution is 0.456. The molecule has 2 N–H and O–H groups in total. The summed E-state index contributed by atoms with van der Waals surface area (Å²) in [5.74, 6) is 0.926. The van der Waals surface area contributed by atoms with Crippen LogP contribution >= 0.6 is 0 Å². The molecule has 0 radical (unpaired) electrons. The minimum absolute atomic E-state index is 0.113. The third kappa shape index (κ3) is 2.91. The molecule has 0 unspecified atom stereocenters. The monoisotopic (exact) mass is 334 g/mol. The molecular weight excluding hydrogens is 312 g/mol. The van der Waals surface area contributed by atoms with Crippen molar-refractivity contribution >= 4 is 10.0 Å². The molecule has 1 aromatic carbocycles. The van der Waals surface area contributed by atoms with Crippen LogP contribution in [-0.2, 0) is 17.1 Å². The minimum Gasteiger partial charge on any atom is -0.337 e. The number of nitrogens with two attached hydrogens (primary N) is 1. The van der Waals surface area contributed by atoms with Crippen LogP contribution in [0.1, 0.15) is 17.3 Å². The molecule has 1 aliphatic heterocycles. The molecule has 3 rings (SSSR count).